The van der Waals surface area contributed by atoms with Crippen molar-refractivity contribution in [3.8, 4) is 5.75 Å². The van der Waals surface area contributed by atoms with E-state index in [0.717, 1.165) is 6.42 Å². The zero-order valence-electron chi connectivity index (χ0n) is 14.9. The number of nitrogens with one attached hydrogen (secondary N) is 1. The van der Waals surface area contributed by atoms with Gasteiger partial charge in [-0.2, -0.15) is 0 Å². The van der Waals surface area contributed by atoms with Gasteiger partial charge in [0.15, 0.2) is 0 Å². The van der Waals surface area contributed by atoms with Gasteiger partial charge in [0.2, 0.25) is 5.91 Å². The predicted octanol–water partition coefficient (Wildman–Crippen LogP) is 2.50. The first kappa shape index (κ1) is 19.5. The summed E-state index contributed by atoms with van der Waals surface area (Å²) in [5.74, 6) is -1.48. The number of unbranched alkanes of at least 4 members (excludes halogenated alkanes) is 1. The Morgan fingerprint density at radius 2 is 2.04 bits per heavy atom. The standard InChI is InChI=1S/C19H23NO6/c1-3-4-5-15(18(23)24)20-17(22)9-8-14-11(2)13-7-6-12(21)10-16(13)26-19(14)25/h6-7,10,15,21H,3-5,8-9H2,1-2H3,(H,20,22)(H,23,24)/t15-/m0/s1. The number of carbonyl (C=O) groups is 2. The minimum absolute atomic E-state index is 0.000954. The second kappa shape index (κ2) is 8.51. The normalized spacial score (nSPS) is 12.1. The largest absolute Gasteiger partial charge is 0.508 e. The lowest BCUT2D eigenvalue weighted by molar-refractivity contribution is -0.142. The van der Waals surface area contributed by atoms with E-state index in [1.807, 2.05) is 6.92 Å². The van der Waals surface area contributed by atoms with Crippen molar-refractivity contribution in [1.29, 1.82) is 0 Å². The van der Waals surface area contributed by atoms with Crippen LogP contribution >= 0.6 is 0 Å². The lowest BCUT2D eigenvalue weighted by Gasteiger charge is -2.14. The summed E-state index contributed by atoms with van der Waals surface area (Å²) in [5.41, 5.74) is 0.781. The molecule has 26 heavy (non-hydrogen) atoms. The summed E-state index contributed by atoms with van der Waals surface area (Å²) < 4.78 is 5.22. The predicted molar refractivity (Wildman–Crippen MR) is 96.3 cm³/mol. The number of benzene rings is 1. The number of amides is 1. The summed E-state index contributed by atoms with van der Waals surface area (Å²) in [7, 11) is 0. The van der Waals surface area contributed by atoms with Gasteiger partial charge < -0.3 is 19.9 Å². The maximum atomic E-state index is 12.2. The third kappa shape index (κ3) is 4.62. The highest BCUT2D eigenvalue weighted by Crippen LogP contribution is 2.23. The number of aryl methyl sites for hydroxylation is 1. The molecule has 0 aliphatic rings. The molecule has 1 aromatic heterocycles. The maximum absolute atomic E-state index is 12.2. The number of hydrogen-bond acceptors (Lipinski definition) is 5. The van der Waals surface area contributed by atoms with Gasteiger partial charge in [0, 0.05) is 23.4 Å². The molecule has 2 rings (SSSR count). The summed E-state index contributed by atoms with van der Waals surface area (Å²) in [5, 5.41) is 21.8. The fourth-order valence-electron chi connectivity index (χ4n) is 2.84. The van der Waals surface area contributed by atoms with Crippen molar-refractivity contribution >= 4 is 22.8 Å². The summed E-state index contributed by atoms with van der Waals surface area (Å²) in [6, 6.07) is 3.60. The van der Waals surface area contributed by atoms with Crippen molar-refractivity contribution < 1.29 is 24.2 Å². The highest BCUT2D eigenvalue weighted by atomic mass is 16.4. The van der Waals surface area contributed by atoms with E-state index in [0.29, 0.717) is 29.4 Å². The molecule has 0 aliphatic carbocycles. The van der Waals surface area contributed by atoms with Gasteiger partial charge in [-0.3, -0.25) is 4.79 Å². The molecule has 1 heterocycles. The summed E-state index contributed by atoms with van der Waals surface area (Å²) in [6.45, 7) is 3.70. The average molecular weight is 361 g/mol. The van der Waals surface area contributed by atoms with Crippen LogP contribution in [0.3, 0.4) is 0 Å². The fourth-order valence-corrected chi connectivity index (χ4v) is 2.84. The monoisotopic (exact) mass is 361 g/mol. The molecule has 0 aliphatic heterocycles. The van der Waals surface area contributed by atoms with Gasteiger partial charge in [-0.25, -0.2) is 9.59 Å². The zero-order valence-corrected chi connectivity index (χ0v) is 14.9. The van der Waals surface area contributed by atoms with Gasteiger partial charge in [0.25, 0.3) is 0 Å². The molecule has 0 radical (unpaired) electrons. The van der Waals surface area contributed by atoms with Gasteiger partial charge in [0.05, 0.1) is 0 Å². The van der Waals surface area contributed by atoms with Crippen molar-refractivity contribution in [3.05, 3.63) is 39.7 Å². The van der Waals surface area contributed by atoms with E-state index in [4.69, 9.17) is 9.52 Å². The van der Waals surface area contributed by atoms with Gasteiger partial charge in [-0.05, 0) is 37.5 Å². The van der Waals surface area contributed by atoms with Crippen LogP contribution in [0.25, 0.3) is 11.0 Å². The van der Waals surface area contributed by atoms with E-state index in [1.54, 1.807) is 13.0 Å². The van der Waals surface area contributed by atoms with Gasteiger partial charge >= 0.3 is 11.6 Å². The molecule has 0 spiro atoms. The summed E-state index contributed by atoms with van der Waals surface area (Å²) in [4.78, 5) is 35.5. The first-order valence-electron chi connectivity index (χ1n) is 8.61. The molecule has 0 bridgehead atoms. The molecule has 1 amide bonds. The molecule has 0 saturated carbocycles. The number of carbonyl (C=O) groups excluding carboxylic acids is 1. The number of hydrogen-bond donors (Lipinski definition) is 3. The van der Waals surface area contributed by atoms with Crippen molar-refractivity contribution in [3.63, 3.8) is 0 Å². The van der Waals surface area contributed by atoms with Crippen molar-refractivity contribution in [1.82, 2.24) is 5.32 Å². The van der Waals surface area contributed by atoms with Crippen LogP contribution in [-0.4, -0.2) is 28.1 Å². The Bertz CT molecular complexity index is 870. The molecule has 2 aromatic rings. The molecule has 7 heteroatoms. The quantitative estimate of drug-likeness (QED) is 0.622. The zero-order chi connectivity index (χ0) is 19.3. The number of fused-ring (bicyclic) bond motifs is 1. The van der Waals surface area contributed by atoms with E-state index in [-0.39, 0.29) is 24.2 Å². The van der Waals surface area contributed by atoms with Crippen molar-refractivity contribution in [2.45, 2.75) is 52.0 Å². The lowest BCUT2D eigenvalue weighted by atomic mass is 10.0. The minimum atomic E-state index is -1.06. The van der Waals surface area contributed by atoms with Crippen LogP contribution in [-0.2, 0) is 16.0 Å². The number of rotatable bonds is 8. The summed E-state index contributed by atoms with van der Waals surface area (Å²) in [6.07, 6.45) is 2.06. The van der Waals surface area contributed by atoms with Crippen LogP contribution in [0.4, 0.5) is 0 Å². The minimum Gasteiger partial charge on any atom is -0.508 e. The molecule has 0 unspecified atom stereocenters. The molecule has 3 N–H and O–H groups in total. The first-order chi connectivity index (χ1) is 12.3. The molecule has 140 valence electrons. The summed E-state index contributed by atoms with van der Waals surface area (Å²) >= 11 is 0. The first-order valence-corrected chi connectivity index (χ1v) is 8.61. The Kier molecular flexibility index (Phi) is 6.38. The Balaban J connectivity index is 2.11. The third-order valence-corrected chi connectivity index (χ3v) is 4.35. The topological polar surface area (TPSA) is 117 Å². The maximum Gasteiger partial charge on any atom is 0.339 e. The van der Waals surface area contributed by atoms with Crippen LogP contribution in [0.2, 0.25) is 0 Å². The number of phenols is 1. The van der Waals surface area contributed by atoms with Crippen LogP contribution in [0, 0.1) is 6.92 Å². The average Bonchev–Trinajstić information content (AvgIpc) is 2.57. The number of carboxylic acid groups (broad SMARTS) is 1. The van der Waals surface area contributed by atoms with Crippen LogP contribution < -0.4 is 10.9 Å². The molecule has 1 aromatic carbocycles. The van der Waals surface area contributed by atoms with Crippen molar-refractivity contribution in [2.75, 3.05) is 0 Å². The van der Waals surface area contributed by atoms with E-state index in [2.05, 4.69) is 5.32 Å². The molecule has 0 fully saturated rings. The SMILES string of the molecule is CCCC[C@H](NC(=O)CCc1c(C)c2ccc(O)cc2oc1=O)C(=O)O. The highest BCUT2D eigenvalue weighted by molar-refractivity contribution is 5.84. The number of phenolic OH excluding ortho intramolecular Hbond substituents is 1. The Morgan fingerprint density at radius 1 is 1.31 bits per heavy atom. The van der Waals surface area contributed by atoms with Crippen LogP contribution in [0.5, 0.6) is 5.75 Å². The van der Waals surface area contributed by atoms with E-state index in [9.17, 15) is 19.5 Å². The van der Waals surface area contributed by atoms with Crippen molar-refractivity contribution in [2.24, 2.45) is 0 Å². The highest BCUT2D eigenvalue weighted by Gasteiger charge is 2.20. The smallest absolute Gasteiger partial charge is 0.339 e. The van der Waals surface area contributed by atoms with Crippen LogP contribution in [0.15, 0.2) is 27.4 Å². The Morgan fingerprint density at radius 3 is 2.69 bits per heavy atom. The Hall–Kier alpha value is -2.83. The number of aliphatic carboxylic acids is 1. The molecule has 1 atom stereocenters. The lowest BCUT2D eigenvalue weighted by Crippen LogP contribution is -2.40. The van der Waals surface area contributed by atoms with Gasteiger partial charge in [-0.15, -0.1) is 0 Å². The van der Waals surface area contributed by atoms with Crippen LogP contribution in [0.1, 0.15) is 43.7 Å². The Labute approximate surface area is 150 Å². The van der Waals surface area contributed by atoms with E-state index in [1.165, 1.54) is 12.1 Å². The molecule has 0 saturated heterocycles. The second-order valence-corrected chi connectivity index (χ2v) is 6.27. The molecule has 7 nitrogen and oxygen atoms in total. The number of aromatic hydroxyl groups is 1. The molecular formula is C19H23NO6. The molecular weight excluding hydrogens is 338 g/mol. The number of carboxylic acids is 1. The van der Waals surface area contributed by atoms with Gasteiger partial charge in [0.1, 0.15) is 17.4 Å². The fraction of sp³-hybridized carbons (Fsp3) is 0.421. The second-order valence-electron chi connectivity index (χ2n) is 6.27. The van der Waals surface area contributed by atoms with Gasteiger partial charge in [-0.1, -0.05) is 19.8 Å². The van der Waals surface area contributed by atoms with E-state index >= 15 is 0 Å². The van der Waals surface area contributed by atoms with E-state index < -0.39 is 23.5 Å². The third-order valence-electron chi connectivity index (χ3n) is 4.35.